The number of hydrogen-bond donors (Lipinski definition) is 0. The zero-order valence-electron chi connectivity index (χ0n) is 10.5. The van der Waals surface area contributed by atoms with E-state index < -0.39 is 0 Å². The summed E-state index contributed by atoms with van der Waals surface area (Å²) in [5.74, 6) is 1.86. The molecule has 0 fully saturated rings. The quantitative estimate of drug-likeness (QED) is 0.428. The Hall–Kier alpha value is 0.291. The average Bonchev–Trinajstić information content (AvgIpc) is 2.30. The van der Waals surface area contributed by atoms with Crippen molar-refractivity contribution < 1.29 is 62.8 Å². The third-order valence-corrected chi connectivity index (χ3v) is 1.72. The molecule has 1 aromatic carbocycles. The van der Waals surface area contributed by atoms with Gasteiger partial charge < -0.3 is 26.6 Å². The zero-order valence-corrected chi connectivity index (χ0v) is 15.0. The Morgan fingerprint density at radius 1 is 1.00 bits per heavy atom. The maximum absolute atomic E-state index is 5.14. The number of rotatable bonds is 3. The minimum Gasteiger partial charge on any atom is 1.00 e. The van der Waals surface area contributed by atoms with Crippen LogP contribution < -0.4 is 45.5 Å². The van der Waals surface area contributed by atoms with Crippen molar-refractivity contribution in [3.05, 3.63) is 24.6 Å². The molecule has 0 N–H and O–H groups in total. The maximum atomic E-state index is 5.14. The second-order valence-corrected chi connectivity index (χ2v) is 2.53. The molecule has 0 spiro atoms. The minimum absolute atomic E-state index is 0. The fraction of sp³-hybridized carbons (Fsp3) is 0.300. The Balaban J connectivity index is -0.000000464. The third-order valence-electron chi connectivity index (χ3n) is 1.72. The number of benzene rings is 1. The summed E-state index contributed by atoms with van der Waals surface area (Å²) >= 11 is 0.847. The Labute approximate surface area is 135 Å². The van der Waals surface area contributed by atoms with Gasteiger partial charge >= 0.3 is 45.9 Å². The predicted octanol–water partition coefficient (Wildman–Crippen LogP) is -3.41. The molecule has 0 aliphatic carbocycles. The van der Waals surface area contributed by atoms with Crippen LogP contribution in [0.25, 0.3) is 0 Å². The zero-order chi connectivity index (χ0) is 11.8. The Kier molecular flexibility index (Phi) is 16.8. The summed E-state index contributed by atoms with van der Waals surface area (Å²) in [5.41, 5.74) is 0.828. The molecular formula is C10H13Cl2LiO3Zn. The molecule has 0 atom stereocenters. The Morgan fingerprint density at radius 3 is 1.59 bits per heavy atom. The van der Waals surface area contributed by atoms with Gasteiger partial charge in [-0.2, -0.15) is 12.5 Å². The van der Waals surface area contributed by atoms with Crippen molar-refractivity contribution in [2.75, 3.05) is 21.3 Å². The maximum Gasteiger partial charge on any atom is 1.00 e. The van der Waals surface area contributed by atoms with E-state index in [1.54, 1.807) is 33.5 Å². The van der Waals surface area contributed by atoms with Gasteiger partial charge in [-0.05, 0) is 0 Å². The summed E-state index contributed by atoms with van der Waals surface area (Å²) in [6.45, 7) is 3.80. The summed E-state index contributed by atoms with van der Waals surface area (Å²) in [6, 6.07) is 3.59. The third kappa shape index (κ3) is 6.70. The Morgan fingerprint density at radius 2 is 1.35 bits per heavy atom. The van der Waals surface area contributed by atoms with Crippen LogP contribution in [0.1, 0.15) is 5.56 Å². The van der Waals surface area contributed by atoms with Crippen molar-refractivity contribution in [2.24, 2.45) is 0 Å². The van der Waals surface area contributed by atoms with E-state index in [0.717, 1.165) is 22.9 Å². The molecule has 0 aromatic heterocycles. The number of ether oxygens (including phenoxy) is 3. The van der Waals surface area contributed by atoms with Crippen LogP contribution in [-0.2, 0) is 17.3 Å². The van der Waals surface area contributed by atoms with Crippen molar-refractivity contribution in [3.63, 3.8) is 0 Å². The molecule has 0 bridgehead atoms. The summed E-state index contributed by atoms with van der Waals surface area (Å²) in [4.78, 5) is 0. The fourth-order valence-electron chi connectivity index (χ4n) is 1.14. The molecule has 17 heavy (non-hydrogen) atoms. The molecule has 0 saturated carbocycles. The van der Waals surface area contributed by atoms with Gasteiger partial charge in [-0.3, -0.25) is 0 Å². The molecular weight excluding hydrogens is 311 g/mol. The first-order valence-electron chi connectivity index (χ1n) is 4.11. The normalized spacial score (nSPS) is 7.65. The monoisotopic (exact) mass is 322 g/mol. The van der Waals surface area contributed by atoms with Crippen molar-refractivity contribution in [3.8, 4) is 17.2 Å². The van der Waals surface area contributed by atoms with Gasteiger partial charge in [-0.25, -0.2) is 0 Å². The van der Waals surface area contributed by atoms with Crippen LogP contribution in [0.15, 0.2) is 12.1 Å². The van der Waals surface area contributed by atoms with Gasteiger partial charge in [0, 0.05) is 0 Å². The van der Waals surface area contributed by atoms with E-state index in [2.05, 4.69) is 6.92 Å². The fourth-order valence-corrected chi connectivity index (χ4v) is 1.14. The summed E-state index contributed by atoms with van der Waals surface area (Å²) < 4.78 is 15.4. The van der Waals surface area contributed by atoms with Crippen molar-refractivity contribution >= 4 is 9.69 Å². The molecule has 0 aliphatic rings. The van der Waals surface area contributed by atoms with Crippen LogP contribution in [-0.4, -0.2) is 21.3 Å². The Bertz CT molecular complexity index is 289. The van der Waals surface area contributed by atoms with Crippen LogP contribution in [0.4, 0.5) is 0 Å². The molecule has 88 valence electrons. The molecule has 0 amide bonds. The number of halogens is 2. The van der Waals surface area contributed by atoms with Gasteiger partial charge in [0.2, 0.25) is 0 Å². The average molecular weight is 324 g/mol. The van der Waals surface area contributed by atoms with E-state index in [4.69, 9.17) is 23.9 Å². The molecule has 0 saturated heterocycles. The molecule has 3 nitrogen and oxygen atoms in total. The molecule has 1 aromatic rings. The molecule has 0 unspecified atom stereocenters. The van der Waals surface area contributed by atoms with Gasteiger partial charge in [-0.15, -0.1) is 12.1 Å². The van der Waals surface area contributed by atoms with E-state index in [9.17, 15) is 0 Å². The van der Waals surface area contributed by atoms with Gasteiger partial charge in [0.25, 0.3) is 0 Å². The smallest absolute Gasteiger partial charge is 1.00 e. The minimum atomic E-state index is 0. The number of hydrogen-bond acceptors (Lipinski definition) is 3. The van der Waals surface area contributed by atoms with Gasteiger partial charge in [0.05, 0.1) is 21.3 Å². The van der Waals surface area contributed by atoms with Crippen LogP contribution in [0.5, 0.6) is 17.2 Å². The topological polar surface area (TPSA) is 27.7 Å². The van der Waals surface area contributed by atoms with E-state index in [1.807, 2.05) is 0 Å². The predicted molar refractivity (Wildman–Crippen MR) is 56.4 cm³/mol. The summed E-state index contributed by atoms with van der Waals surface area (Å²) in [6.07, 6.45) is 0. The first-order valence-corrected chi connectivity index (χ1v) is 8.01. The van der Waals surface area contributed by atoms with Gasteiger partial charge in [0.15, 0.2) is 5.75 Å². The molecule has 0 aliphatic heterocycles. The first kappa shape index (κ1) is 22.5. The van der Waals surface area contributed by atoms with Crippen molar-refractivity contribution in [2.45, 2.75) is 0 Å². The van der Waals surface area contributed by atoms with Crippen molar-refractivity contribution in [1.29, 1.82) is 0 Å². The van der Waals surface area contributed by atoms with Crippen LogP contribution in [0, 0.1) is 6.92 Å². The summed E-state index contributed by atoms with van der Waals surface area (Å²) in [5, 5.41) is 0. The number of methoxy groups -OCH3 is 3. The van der Waals surface area contributed by atoms with Gasteiger partial charge in [0.1, 0.15) is 11.5 Å². The standard InChI is InChI=1S/C10H13O3.2ClH.Li.Zn/c1-7-5-8(11-2)10(13-4)9(6-7)12-3;;;;/h5-6H,1H2,2-4H3;2*1H;;/q-1;;;+1;+2/p-2. The molecule has 1 rings (SSSR count). The van der Waals surface area contributed by atoms with E-state index in [1.165, 1.54) is 0 Å². The van der Waals surface area contributed by atoms with Gasteiger partial charge in [-0.1, -0.05) is 0 Å². The van der Waals surface area contributed by atoms with E-state index in [0.29, 0.717) is 17.2 Å². The first-order chi connectivity index (χ1) is 7.22. The molecule has 0 radical (unpaired) electrons. The van der Waals surface area contributed by atoms with E-state index in [-0.39, 0.29) is 31.3 Å². The van der Waals surface area contributed by atoms with Crippen LogP contribution in [0.3, 0.4) is 0 Å². The van der Waals surface area contributed by atoms with E-state index >= 15 is 0 Å². The molecule has 0 heterocycles. The van der Waals surface area contributed by atoms with Crippen LogP contribution >= 0.6 is 9.69 Å². The molecule has 7 heteroatoms. The van der Waals surface area contributed by atoms with Crippen LogP contribution in [0.2, 0.25) is 0 Å². The summed E-state index contributed by atoms with van der Waals surface area (Å²) in [7, 11) is 9.50. The second-order valence-electron chi connectivity index (χ2n) is 2.53. The second kappa shape index (κ2) is 12.7. The largest absolute Gasteiger partial charge is 1.00 e. The SMILES string of the molecule is [CH2-]c1cc(OC)c(OC)c(OC)c1.[Cl-].[Cl][Zn+].[Li+]. The van der Waals surface area contributed by atoms with Crippen molar-refractivity contribution in [1.82, 2.24) is 0 Å².